The Morgan fingerprint density at radius 2 is 2.33 bits per heavy atom. The van der Waals surface area contributed by atoms with Crippen molar-refractivity contribution in [3.05, 3.63) is 45.4 Å². The summed E-state index contributed by atoms with van der Waals surface area (Å²) in [4.78, 5) is 5.22. The third-order valence-electron chi connectivity index (χ3n) is 2.13. The maximum Gasteiger partial charge on any atom is 0.0794 e. The van der Waals surface area contributed by atoms with Crippen LogP contribution >= 0.6 is 22.9 Å². The number of aryl methyl sites for hydroxylation is 1. The van der Waals surface area contributed by atoms with E-state index in [1.807, 2.05) is 36.8 Å². The largest absolute Gasteiger partial charge is 0.379 e. The first kappa shape index (κ1) is 10.5. The summed E-state index contributed by atoms with van der Waals surface area (Å²) in [6.07, 6.45) is 1.86. The van der Waals surface area contributed by atoms with Crippen molar-refractivity contribution in [3.8, 4) is 0 Å². The average molecular weight is 239 g/mol. The van der Waals surface area contributed by atoms with Gasteiger partial charge in [-0.3, -0.25) is 4.98 Å². The molecular weight excluding hydrogens is 228 g/mol. The summed E-state index contributed by atoms with van der Waals surface area (Å²) in [6.45, 7) is 2.77. The minimum Gasteiger partial charge on any atom is -0.379 e. The summed E-state index contributed by atoms with van der Waals surface area (Å²) in [5, 5.41) is 4.09. The van der Waals surface area contributed by atoms with Crippen LogP contribution in [-0.4, -0.2) is 4.98 Å². The summed E-state index contributed by atoms with van der Waals surface area (Å²) in [5.41, 5.74) is 3.89. The lowest BCUT2D eigenvalue weighted by Gasteiger charge is -2.08. The van der Waals surface area contributed by atoms with Gasteiger partial charge in [-0.05, 0) is 18.6 Å². The van der Waals surface area contributed by atoms with Gasteiger partial charge in [0.05, 0.1) is 22.8 Å². The zero-order valence-electron chi connectivity index (χ0n) is 8.33. The van der Waals surface area contributed by atoms with E-state index in [9.17, 15) is 0 Å². The van der Waals surface area contributed by atoms with Crippen molar-refractivity contribution in [2.45, 2.75) is 13.5 Å². The molecule has 1 aromatic heterocycles. The maximum atomic E-state index is 6.16. The van der Waals surface area contributed by atoms with E-state index in [-0.39, 0.29) is 0 Å². The molecule has 2 nitrogen and oxygen atoms in total. The Morgan fingerprint density at radius 3 is 3.07 bits per heavy atom. The van der Waals surface area contributed by atoms with Gasteiger partial charge in [-0.25, -0.2) is 0 Å². The van der Waals surface area contributed by atoms with Crippen molar-refractivity contribution in [2.75, 3.05) is 5.32 Å². The number of benzene rings is 1. The van der Waals surface area contributed by atoms with Gasteiger partial charge in [-0.2, -0.15) is 0 Å². The molecule has 0 atom stereocenters. The van der Waals surface area contributed by atoms with E-state index in [0.717, 1.165) is 22.8 Å². The van der Waals surface area contributed by atoms with Crippen LogP contribution < -0.4 is 5.32 Å². The van der Waals surface area contributed by atoms with Gasteiger partial charge in [0, 0.05) is 11.1 Å². The Morgan fingerprint density at radius 1 is 1.47 bits per heavy atom. The number of aromatic nitrogens is 1. The van der Waals surface area contributed by atoms with Crippen LogP contribution in [0.25, 0.3) is 0 Å². The van der Waals surface area contributed by atoms with E-state index >= 15 is 0 Å². The molecule has 0 unspecified atom stereocenters. The van der Waals surface area contributed by atoms with Crippen molar-refractivity contribution in [1.29, 1.82) is 0 Å². The summed E-state index contributed by atoms with van der Waals surface area (Å²) in [6, 6.07) is 5.98. The van der Waals surface area contributed by atoms with E-state index in [0.29, 0.717) is 0 Å². The van der Waals surface area contributed by atoms with Crippen LogP contribution in [0, 0.1) is 6.92 Å². The first-order valence-electron chi connectivity index (χ1n) is 4.64. The number of nitrogens with one attached hydrogen (secondary N) is 1. The molecule has 0 amide bonds. The molecule has 0 spiro atoms. The highest BCUT2D eigenvalue weighted by Gasteiger charge is 2.02. The Hall–Kier alpha value is -1.06. The fraction of sp³-hybridized carbons (Fsp3) is 0.182. The fourth-order valence-corrected chi connectivity index (χ4v) is 2.02. The van der Waals surface area contributed by atoms with E-state index < -0.39 is 0 Å². The lowest BCUT2D eigenvalue weighted by molar-refractivity contribution is 1.17. The quantitative estimate of drug-likeness (QED) is 0.882. The predicted octanol–water partition coefficient (Wildman–Crippen LogP) is 3.72. The number of thiazole rings is 1. The number of nitrogens with zero attached hydrogens (tertiary/aromatic N) is 1. The second-order valence-corrected chi connectivity index (χ2v) is 4.61. The second-order valence-electron chi connectivity index (χ2n) is 3.26. The fourth-order valence-electron chi connectivity index (χ4n) is 1.30. The monoisotopic (exact) mass is 238 g/mol. The third kappa shape index (κ3) is 2.49. The van der Waals surface area contributed by atoms with Gasteiger partial charge in [0.1, 0.15) is 0 Å². The van der Waals surface area contributed by atoms with Gasteiger partial charge < -0.3 is 5.32 Å². The molecule has 15 heavy (non-hydrogen) atoms. The summed E-state index contributed by atoms with van der Waals surface area (Å²) < 4.78 is 0. The van der Waals surface area contributed by atoms with Gasteiger partial charge in [0.25, 0.3) is 0 Å². The first-order chi connectivity index (χ1) is 7.27. The van der Waals surface area contributed by atoms with Gasteiger partial charge in [0.15, 0.2) is 0 Å². The molecule has 1 aromatic carbocycles. The molecular formula is C11H11ClN2S. The van der Waals surface area contributed by atoms with Crippen molar-refractivity contribution in [3.63, 3.8) is 0 Å². The topological polar surface area (TPSA) is 24.9 Å². The molecule has 2 rings (SSSR count). The minimum atomic E-state index is 0.772. The molecule has 1 N–H and O–H groups in total. The second kappa shape index (κ2) is 4.64. The van der Waals surface area contributed by atoms with Crippen LogP contribution in [0.2, 0.25) is 5.02 Å². The minimum absolute atomic E-state index is 0.772. The number of halogens is 1. The number of rotatable bonds is 3. The Balaban J connectivity index is 2.08. The van der Waals surface area contributed by atoms with Crippen molar-refractivity contribution in [2.24, 2.45) is 0 Å². The molecule has 0 radical (unpaired) electrons. The maximum absolute atomic E-state index is 6.16. The molecule has 78 valence electrons. The molecule has 0 saturated heterocycles. The lowest BCUT2D eigenvalue weighted by atomic mass is 10.2. The zero-order valence-corrected chi connectivity index (χ0v) is 9.90. The molecule has 0 bridgehead atoms. The van der Waals surface area contributed by atoms with Crippen LogP contribution in [0.1, 0.15) is 10.4 Å². The summed E-state index contributed by atoms with van der Waals surface area (Å²) >= 11 is 7.79. The Bertz CT molecular complexity index is 440. The molecule has 0 saturated carbocycles. The van der Waals surface area contributed by atoms with Crippen LogP contribution in [0.15, 0.2) is 29.9 Å². The molecule has 0 aliphatic heterocycles. The smallest absolute Gasteiger partial charge is 0.0794 e. The molecule has 1 heterocycles. The van der Waals surface area contributed by atoms with Gasteiger partial charge >= 0.3 is 0 Å². The summed E-state index contributed by atoms with van der Waals surface area (Å²) in [5.74, 6) is 0. The zero-order chi connectivity index (χ0) is 10.7. The molecule has 2 aromatic rings. The van der Waals surface area contributed by atoms with Crippen LogP contribution in [0.4, 0.5) is 5.69 Å². The van der Waals surface area contributed by atoms with Crippen LogP contribution in [-0.2, 0) is 6.54 Å². The van der Waals surface area contributed by atoms with E-state index in [4.69, 9.17) is 11.6 Å². The molecule has 4 heteroatoms. The van der Waals surface area contributed by atoms with E-state index in [1.54, 1.807) is 11.3 Å². The van der Waals surface area contributed by atoms with Crippen molar-refractivity contribution < 1.29 is 0 Å². The normalized spacial score (nSPS) is 10.3. The SMILES string of the molecule is Cc1cccc(NCc2cncs2)c1Cl. The predicted molar refractivity (Wildman–Crippen MR) is 65.6 cm³/mol. The number of hydrogen-bond acceptors (Lipinski definition) is 3. The van der Waals surface area contributed by atoms with Gasteiger partial charge in [-0.1, -0.05) is 23.7 Å². The highest BCUT2D eigenvalue weighted by Crippen LogP contribution is 2.25. The van der Waals surface area contributed by atoms with Gasteiger partial charge in [0.2, 0.25) is 0 Å². The molecule has 0 aliphatic carbocycles. The third-order valence-corrected chi connectivity index (χ3v) is 3.41. The lowest BCUT2D eigenvalue weighted by Crippen LogP contribution is -1.98. The summed E-state index contributed by atoms with van der Waals surface area (Å²) in [7, 11) is 0. The molecule has 0 fully saturated rings. The van der Waals surface area contributed by atoms with Crippen molar-refractivity contribution in [1.82, 2.24) is 4.98 Å². The Labute approximate surface area is 97.9 Å². The number of anilines is 1. The average Bonchev–Trinajstić information content (AvgIpc) is 2.73. The van der Waals surface area contributed by atoms with Gasteiger partial charge in [-0.15, -0.1) is 11.3 Å². The van der Waals surface area contributed by atoms with Crippen LogP contribution in [0.5, 0.6) is 0 Å². The highest BCUT2D eigenvalue weighted by atomic mass is 35.5. The van der Waals surface area contributed by atoms with Crippen molar-refractivity contribution >= 4 is 28.6 Å². The van der Waals surface area contributed by atoms with E-state index in [2.05, 4.69) is 10.3 Å². The first-order valence-corrected chi connectivity index (χ1v) is 5.89. The Kier molecular flexibility index (Phi) is 3.23. The number of hydrogen-bond donors (Lipinski definition) is 1. The molecule has 0 aliphatic rings. The standard InChI is InChI=1S/C11H11ClN2S/c1-8-3-2-4-10(11(8)12)14-6-9-5-13-7-15-9/h2-5,7,14H,6H2,1H3. The van der Waals surface area contributed by atoms with Crippen LogP contribution in [0.3, 0.4) is 0 Å². The van der Waals surface area contributed by atoms with E-state index in [1.165, 1.54) is 4.88 Å². The highest BCUT2D eigenvalue weighted by molar-refractivity contribution is 7.09.